The first-order valence-electron chi connectivity index (χ1n) is 11.1. The average Bonchev–Trinajstić information content (AvgIpc) is 2.82. The molecule has 1 unspecified atom stereocenters. The van der Waals surface area contributed by atoms with Crippen molar-refractivity contribution in [1.82, 2.24) is 25.1 Å². The summed E-state index contributed by atoms with van der Waals surface area (Å²) in [5.41, 5.74) is 2.98. The second-order valence-corrected chi connectivity index (χ2v) is 8.00. The van der Waals surface area contributed by atoms with Crippen LogP contribution in [0.5, 0.6) is 0 Å². The highest BCUT2D eigenvalue weighted by atomic mass is 127. The molecule has 0 saturated carbocycles. The smallest absolute Gasteiger partial charge is 0.225 e. The summed E-state index contributed by atoms with van der Waals surface area (Å²) in [5.74, 6) is 1.82. The van der Waals surface area contributed by atoms with Crippen LogP contribution in [-0.2, 0) is 13.0 Å². The Balaban J connectivity index is 0.00000272. The minimum absolute atomic E-state index is 0. The van der Waals surface area contributed by atoms with Crippen LogP contribution in [0.4, 0.5) is 5.95 Å². The van der Waals surface area contributed by atoms with Gasteiger partial charge in [0.1, 0.15) is 0 Å². The van der Waals surface area contributed by atoms with Crippen molar-refractivity contribution in [3.63, 3.8) is 0 Å². The van der Waals surface area contributed by atoms with Gasteiger partial charge in [0, 0.05) is 71.3 Å². The molecule has 0 aliphatic carbocycles. The molecule has 4 rings (SSSR count). The first-order valence-corrected chi connectivity index (χ1v) is 11.1. The third-order valence-corrected chi connectivity index (χ3v) is 6.27. The quantitative estimate of drug-likeness (QED) is 0.361. The van der Waals surface area contributed by atoms with Crippen LogP contribution >= 0.6 is 24.0 Å². The number of hydrogen-bond donors (Lipinski definition) is 1. The molecule has 31 heavy (non-hydrogen) atoms. The molecule has 1 saturated heterocycles. The molecule has 8 heteroatoms. The fourth-order valence-corrected chi connectivity index (χ4v) is 4.48. The number of nitrogens with zero attached hydrogens (tertiary/aromatic N) is 6. The topological polar surface area (TPSA) is 59.9 Å². The Morgan fingerprint density at radius 3 is 2.42 bits per heavy atom. The minimum atomic E-state index is 0. The molecule has 1 aromatic carbocycles. The molecule has 0 amide bonds. The lowest BCUT2D eigenvalue weighted by Gasteiger charge is -2.38. The Morgan fingerprint density at radius 2 is 1.74 bits per heavy atom. The number of fused-ring (bicyclic) bond motifs is 1. The SMILES string of the molecule is CCC(CNC(=NC)N1CCN(c2ncccn2)CC1)N1CCc2ccccc2C1.I. The molecule has 1 N–H and O–H groups in total. The van der Waals surface area contributed by atoms with Crippen LogP contribution in [0.25, 0.3) is 0 Å². The van der Waals surface area contributed by atoms with Crippen molar-refractivity contribution in [2.45, 2.75) is 32.4 Å². The van der Waals surface area contributed by atoms with Gasteiger partial charge in [-0.2, -0.15) is 0 Å². The van der Waals surface area contributed by atoms with Crippen LogP contribution < -0.4 is 10.2 Å². The highest BCUT2D eigenvalue weighted by molar-refractivity contribution is 14.0. The molecule has 168 valence electrons. The molecule has 2 aliphatic heterocycles. The summed E-state index contributed by atoms with van der Waals surface area (Å²) in [6.07, 6.45) is 5.88. The highest BCUT2D eigenvalue weighted by Gasteiger charge is 2.24. The minimum Gasteiger partial charge on any atom is -0.355 e. The second-order valence-electron chi connectivity index (χ2n) is 8.00. The fraction of sp³-hybridized carbons (Fsp3) is 0.522. The number of benzene rings is 1. The summed E-state index contributed by atoms with van der Waals surface area (Å²) in [4.78, 5) is 20.5. The Hall–Kier alpha value is -1.94. The number of nitrogens with one attached hydrogen (secondary N) is 1. The molecule has 0 bridgehead atoms. The van der Waals surface area contributed by atoms with E-state index >= 15 is 0 Å². The normalized spacial score (nSPS) is 18.2. The third kappa shape index (κ3) is 5.85. The van der Waals surface area contributed by atoms with E-state index in [1.54, 1.807) is 12.4 Å². The van der Waals surface area contributed by atoms with Gasteiger partial charge in [0.05, 0.1) is 0 Å². The Bertz CT molecular complexity index is 837. The van der Waals surface area contributed by atoms with Crippen LogP contribution in [0.2, 0.25) is 0 Å². The van der Waals surface area contributed by atoms with Gasteiger partial charge >= 0.3 is 0 Å². The van der Waals surface area contributed by atoms with E-state index in [1.807, 2.05) is 13.1 Å². The number of aliphatic imine (C=N–C) groups is 1. The number of rotatable bonds is 5. The predicted octanol–water partition coefficient (Wildman–Crippen LogP) is 2.63. The summed E-state index contributed by atoms with van der Waals surface area (Å²) in [6.45, 7) is 9.05. The van der Waals surface area contributed by atoms with Crippen molar-refractivity contribution >= 4 is 35.9 Å². The molecular formula is C23H34IN7. The molecule has 7 nitrogen and oxygen atoms in total. The number of halogens is 1. The average molecular weight is 535 g/mol. The maximum Gasteiger partial charge on any atom is 0.225 e. The van der Waals surface area contributed by atoms with Crippen LogP contribution in [0.3, 0.4) is 0 Å². The second kappa shape index (κ2) is 11.6. The van der Waals surface area contributed by atoms with E-state index in [0.717, 1.165) is 70.6 Å². The van der Waals surface area contributed by atoms with Gasteiger partial charge in [0.25, 0.3) is 0 Å². The van der Waals surface area contributed by atoms with Gasteiger partial charge in [-0.1, -0.05) is 31.2 Å². The van der Waals surface area contributed by atoms with E-state index < -0.39 is 0 Å². The lowest BCUT2D eigenvalue weighted by atomic mass is 9.98. The van der Waals surface area contributed by atoms with Gasteiger partial charge < -0.3 is 15.1 Å². The lowest BCUT2D eigenvalue weighted by molar-refractivity contribution is 0.173. The molecule has 2 aromatic rings. The van der Waals surface area contributed by atoms with Crippen LogP contribution in [0.1, 0.15) is 24.5 Å². The van der Waals surface area contributed by atoms with Gasteiger partial charge in [-0.05, 0) is 30.0 Å². The van der Waals surface area contributed by atoms with E-state index in [1.165, 1.54) is 11.1 Å². The first-order chi connectivity index (χ1) is 14.8. The number of aromatic nitrogens is 2. The zero-order valence-corrected chi connectivity index (χ0v) is 20.9. The summed E-state index contributed by atoms with van der Waals surface area (Å²) < 4.78 is 0. The molecule has 0 radical (unpaired) electrons. The van der Waals surface area contributed by atoms with Crippen LogP contribution in [0, 0.1) is 0 Å². The van der Waals surface area contributed by atoms with E-state index in [2.05, 4.69) is 66.2 Å². The van der Waals surface area contributed by atoms with Gasteiger partial charge in [-0.25, -0.2) is 9.97 Å². The van der Waals surface area contributed by atoms with Crippen molar-refractivity contribution in [3.05, 3.63) is 53.9 Å². The Labute approximate surface area is 203 Å². The van der Waals surface area contributed by atoms with Crippen molar-refractivity contribution < 1.29 is 0 Å². The Kier molecular flexibility index (Phi) is 8.89. The highest BCUT2D eigenvalue weighted by Crippen LogP contribution is 2.21. The Morgan fingerprint density at radius 1 is 1.03 bits per heavy atom. The van der Waals surface area contributed by atoms with Gasteiger partial charge in [0.15, 0.2) is 5.96 Å². The number of guanidine groups is 1. The molecule has 1 atom stereocenters. The lowest BCUT2D eigenvalue weighted by Crippen LogP contribution is -2.55. The van der Waals surface area contributed by atoms with E-state index in [-0.39, 0.29) is 24.0 Å². The summed E-state index contributed by atoms with van der Waals surface area (Å²) in [7, 11) is 1.88. The maximum atomic E-state index is 4.56. The molecule has 2 aliphatic rings. The van der Waals surface area contributed by atoms with E-state index in [4.69, 9.17) is 0 Å². The molecule has 3 heterocycles. The molecule has 0 spiro atoms. The van der Waals surface area contributed by atoms with Crippen molar-refractivity contribution in [2.24, 2.45) is 4.99 Å². The van der Waals surface area contributed by atoms with Crippen LogP contribution in [-0.4, -0.2) is 78.1 Å². The third-order valence-electron chi connectivity index (χ3n) is 6.27. The molecule has 1 fully saturated rings. The van der Waals surface area contributed by atoms with Crippen molar-refractivity contribution in [3.8, 4) is 0 Å². The predicted molar refractivity (Wildman–Crippen MR) is 137 cm³/mol. The molecule has 1 aromatic heterocycles. The van der Waals surface area contributed by atoms with Gasteiger partial charge in [-0.3, -0.25) is 9.89 Å². The monoisotopic (exact) mass is 535 g/mol. The standard InChI is InChI=1S/C23H33N7.HI/c1-3-21(30-12-9-19-7-4-5-8-20(19)18-30)17-27-22(24-2)28-13-15-29(16-14-28)23-25-10-6-11-26-23;/h4-8,10-11,21H,3,9,12-18H2,1-2H3,(H,24,27);1H. The van der Waals surface area contributed by atoms with Crippen molar-refractivity contribution in [1.29, 1.82) is 0 Å². The number of anilines is 1. The van der Waals surface area contributed by atoms with Gasteiger partial charge in [-0.15, -0.1) is 24.0 Å². The zero-order chi connectivity index (χ0) is 20.8. The van der Waals surface area contributed by atoms with Gasteiger partial charge in [0.2, 0.25) is 5.95 Å². The summed E-state index contributed by atoms with van der Waals surface area (Å²) in [6, 6.07) is 11.2. The summed E-state index contributed by atoms with van der Waals surface area (Å²) in [5, 5.41) is 3.65. The summed E-state index contributed by atoms with van der Waals surface area (Å²) >= 11 is 0. The zero-order valence-electron chi connectivity index (χ0n) is 18.6. The first kappa shape index (κ1) is 23.7. The van der Waals surface area contributed by atoms with E-state index in [9.17, 15) is 0 Å². The molecular weight excluding hydrogens is 501 g/mol. The van der Waals surface area contributed by atoms with E-state index in [0.29, 0.717) is 6.04 Å². The maximum absolute atomic E-state index is 4.56. The fourth-order valence-electron chi connectivity index (χ4n) is 4.48. The largest absolute Gasteiger partial charge is 0.355 e. The number of piperazine rings is 1. The number of hydrogen-bond acceptors (Lipinski definition) is 5. The van der Waals surface area contributed by atoms with Crippen LogP contribution in [0.15, 0.2) is 47.7 Å². The van der Waals surface area contributed by atoms with Crippen molar-refractivity contribution in [2.75, 3.05) is 51.2 Å².